The van der Waals surface area contributed by atoms with Gasteiger partial charge in [-0.05, 0) is 36.5 Å². The number of amides is 1. The molecule has 3 nitrogen and oxygen atoms in total. The summed E-state index contributed by atoms with van der Waals surface area (Å²) < 4.78 is 0. The van der Waals surface area contributed by atoms with E-state index in [1.165, 1.54) is 12.5 Å². The van der Waals surface area contributed by atoms with Crippen molar-refractivity contribution in [3.63, 3.8) is 0 Å². The maximum absolute atomic E-state index is 12.0. The summed E-state index contributed by atoms with van der Waals surface area (Å²) in [5.41, 5.74) is 3.68. The maximum Gasteiger partial charge on any atom is 0.221 e. The quantitative estimate of drug-likeness (QED) is 0.688. The molecule has 0 radical (unpaired) electrons. The number of ketones is 1. The minimum atomic E-state index is -0.147. The lowest BCUT2D eigenvalue weighted by Gasteiger charge is -2.13. The molecule has 0 aromatic heterocycles. The molecular formula is C13H14BrNO2. The third-order valence-corrected chi connectivity index (χ3v) is 3.50. The SMILES string of the molecule is CC(=O)Nc1ccc2c(c1C(=O)CBr)CCC2. The molecule has 90 valence electrons. The molecule has 0 unspecified atom stereocenters. The first-order chi connectivity index (χ1) is 8.13. The van der Waals surface area contributed by atoms with Crippen LogP contribution in [0.5, 0.6) is 0 Å². The van der Waals surface area contributed by atoms with Gasteiger partial charge in [0.15, 0.2) is 5.78 Å². The highest BCUT2D eigenvalue weighted by atomic mass is 79.9. The van der Waals surface area contributed by atoms with E-state index in [4.69, 9.17) is 0 Å². The number of alkyl halides is 1. The van der Waals surface area contributed by atoms with Gasteiger partial charge in [0.2, 0.25) is 5.91 Å². The Morgan fingerprint density at radius 3 is 2.76 bits per heavy atom. The number of hydrogen-bond donors (Lipinski definition) is 1. The smallest absolute Gasteiger partial charge is 0.221 e. The fourth-order valence-corrected chi connectivity index (χ4v) is 2.63. The Bertz CT molecular complexity index is 483. The predicted molar refractivity (Wildman–Crippen MR) is 70.9 cm³/mol. The summed E-state index contributed by atoms with van der Waals surface area (Å²) in [6.45, 7) is 1.45. The van der Waals surface area contributed by atoms with Crippen LogP contribution in [0.1, 0.15) is 34.8 Å². The molecule has 1 aromatic rings. The van der Waals surface area contributed by atoms with Crippen LogP contribution >= 0.6 is 15.9 Å². The molecule has 0 saturated heterocycles. The zero-order chi connectivity index (χ0) is 12.4. The van der Waals surface area contributed by atoms with E-state index in [1.807, 2.05) is 12.1 Å². The van der Waals surface area contributed by atoms with E-state index in [9.17, 15) is 9.59 Å². The fourth-order valence-electron chi connectivity index (χ4n) is 2.35. The van der Waals surface area contributed by atoms with Gasteiger partial charge in [-0.25, -0.2) is 0 Å². The molecule has 1 aliphatic rings. The largest absolute Gasteiger partial charge is 0.326 e. The third kappa shape index (κ3) is 2.41. The van der Waals surface area contributed by atoms with Crippen LogP contribution in [0.2, 0.25) is 0 Å². The highest BCUT2D eigenvalue weighted by molar-refractivity contribution is 9.09. The van der Waals surface area contributed by atoms with Crippen LogP contribution < -0.4 is 5.32 Å². The normalized spacial score (nSPS) is 13.3. The summed E-state index contributed by atoms with van der Waals surface area (Å²) in [6, 6.07) is 3.85. The van der Waals surface area contributed by atoms with E-state index < -0.39 is 0 Å². The number of Topliss-reactive ketones (excluding diaryl/α,β-unsaturated/α-hetero) is 1. The molecule has 0 fully saturated rings. The number of rotatable bonds is 3. The minimum absolute atomic E-state index is 0.0347. The van der Waals surface area contributed by atoms with Crippen molar-refractivity contribution in [1.29, 1.82) is 0 Å². The Hall–Kier alpha value is -1.16. The zero-order valence-electron chi connectivity index (χ0n) is 9.68. The average molecular weight is 296 g/mol. The maximum atomic E-state index is 12.0. The molecule has 0 heterocycles. The monoisotopic (exact) mass is 295 g/mol. The molecular weight excluding hydrogens is 282 g/mol. The van der Waals surface area contributed by atoms with E-state index >= 15 is 0 Å². The van der Waals surface area contributed by atoms with Crippen LogP contribution in [-0.4, -0.2) is 17.0 Å². The van der Waals surface area contributed by atoms with Gasteiger partial charge in [0.05, 0.1) is 11.0 Å². The van der Waals surface area contributed by atoms with Gasteiger partial charge in [-0.1, -0.05) is 22.0 Å². The van der Waals surface area contributed by atoms with Gasteiger partial charge >= 0.3 is 0 Å². The average Bonchev–Trinajstić information content (AvgIpc) is 2.75. The number of benzene rings is 1. The summed E-state index contributed by atoms with van der Waals surface area (Å²) in [5, 5.41) is 3.03. The number of aryl methyl sites for hydroxylation is 1. The van der Waals surface area contributed by atoms with Crippen molar-refractivity contribution < 1.29 is 9.59 Å². The van der Waals surface area contributed by atoms with Crippen LogP contribution in [0.3, 0.4) is 0 Å². The second-order valence-electron chi connectivity index (χ2n) is 4.22. The molecule has 4 heteroatoms. The van der Waals surface area contributed by atoms with E-state index in [-0.39, 0.29) is 17.0 Å². The molecule has 1 N–H and O–H groups in total. The number of nitrogens with one attached hydrogen (secondary N) is 1. The van der Waals surface area contributed by atoms with Crippen LogP contribution in [0.15, 0.2) is 12.1 Å². The Morgan fingerprint density at radius 2 is 2.12 bits per heavy atom. The first kappa shape index (κ1) is 12.3. The number of halogens is 1. The van der Waals surface area contributed by atoms with E-state index in [0.717, 1.165) is 24.8 Å². The first-order valence-electron chi connectivity index (χ1n) is 5.65. The number of carbonyl (C=O) groups is 2. The Labute approximate surface area is 109 Å². The van der Waals surface area contributed by atoms with Crippen molar-refractivity contribution in [3.05, 3.63) is 28.8 Å². The van der Waals surface area contributed by atoms with E-state index in [2.05, 4.69) is 21.2 Å². The van der Waals surface area contributed by atoms with Gasteiger partial charge in [-0.15, -0.1) is 0 Å². The fraction of sp³-hybridized carbons (Fsp3) is 0.385. The number of fused-ring (bicyclic) bond motifs is 1. The minimum Gasteiger partial charge on any atom is -0.326 e. The van der Waals surface area contributed by atoms with E-state index in [0.29, 0.717) is 11.3 Å². The molecule has 0 spiro atoms. The van der Waals surface area contributed by atoms with Crippen LogP contribution in [0, 0.1) is 0 Å². The highest BCUT2D eigenvalue weighted by Gasteiger charge is 2.22. The standard InChI is InChI=1S/C13H14BrNO2/c1-8(16)15-11-6-5-9-3-2-4-10(9)13(11)12(17)7-14/h5-6H,2-4,7H2,1H3,(H,15,16). The number of hydrogen-bond acceptors (Lipinski definition) is 2. The summed E-state index contributed by atoms with van der Waals surface area (Å²) in [6.07, 6.45) is 3.04. The van der Waals surface area contributed by atoms with Gasteiger partial charge in [0.25, 0.3) is 0 Å². The van der Waals surface area contributed by atoms with Gasteiger partial charge in [0.1, 0.15) is 0 Å². The van der Waals surface area contributed by atoms with Gasteiger partial charge < -0.3 is 5.32 Å². The first-order valence-corrected chi connectivity index (χ1v) is 6.77. The molecule has 0 atom stereocenters. The van der Waals surface area contributed by atoms with Crippen molar-refractivity contribution in [2.75, 3.05) is 10.6 Å². The van der Waals surface area contributed by atoms with Crippen LogP contribution in [-0.2, 0) is 17.6 Å². The number of carbonyl (C=O) groups excluding carboxylic acids is 2. The highest BCUT2D eigenvalue weighted by Crippen LogP contribution is 2.31. The van der Waals surface area contributed by atoms with Crippen molar-refractivity contribution in [2.45, 2.75) is 26.2 Å². The second kappa shape index (κ2) is 5.00. The van der Waals surface area contributed by atoms with E-state index in [1.54, 1.807) is 0 Å². The Balaban J connectivity index is 2.52. The molecule has 17 heavy (non-hydrogen) atoms. The van der Waals surface area contributed by atoms with Crippen molar-refractivity contribution in [3.8, 4) is 0 Å². The topological polar surface area (TPSA) is 46.2 Å². The lowest BCUT2D eigenvalue weighted by Crippen LogP contribution is -2.14. The Kier molecular flexibility index (Phi) is 3.62. The summed E-state index contributed by atoms with van der Waals surface area (Å²) >= 11 is 3.20. The summed E-state index contributed by atoms with van der Waals surface area (Å²) in [5.74, 6) is -0.112. The van der Waals surface area contributed by atoms with Gasteiger partial charge in [0, 0.05) is 12.5 Å². The molecule has 1 amide bonds. The predicted octanol–water partition coefficient (Wildman–Crippen LogP) is 2.71. The van der Waals surface area contributed by atoms with Gasteiger partial charge in [-0.3, -0.25) is 9.59 Å². The third-order valence-electron chi connectivity index (χ3n) is 2.99. The molecule has 1 aromatic carbocycles. The summed E-state index contributed by atoms with van der Waals surface area (Å²) in [7, 11) is 0. The van der Waals surface area contributed by atoms with Crippen molar-refractivity contribution >= 4 is 33.3 Å². The summed E-state index contributed by atoms with van der Waals surface area (Å²) in [4.78, 5) is 23.1. The molecule has 0 bridgehead atoms. The lowest BCUT2D eigenvalue weighted by molar-refractivity contribution is -0.114. The Morgan fingerprint density at radius 1 is 1.35 bits per heavy atom. The zero-order valence-corrected chi connectivity index (χ0v) is 11.3. The van der Waals surface area contributed by atoms with Crippen LogP contribution in [0.25, 0.3) is 0 Å². The van der Waals surface area contributed by atoms with Crippen molar-refractivity contribution in [1.82, 2.24) is 0 Å². The van der Waals surface area contributed by atoms with Crippen molar-refractivity contribution in [2.24, 2.45) is 0 Å². The molecule has 0 saturated carbocycles. The number of anilines is 1. The molecule has 2 rings (SSSR count). The second-order valence-corrected chi connectivity index (χ2v) is 4.78. The molecule has 1 aliphatic carbocycles. The molecule has 0 aliphatic heterocycles. The van der Waals surface area contributed by atoms with Crippen LogP contribution in [0.4, 0.5) is 5.69 Å². The van der Waals surface area contributed by atoms with Gasteiger partial charge in [-0.2, -0.15) is 0 Å². The lowest BCUT2D eigenvalue weighted by atomic mass is 9.98.